The van der Waals surface area contributed by atoms with Crippen LogP contribution in [0.5, 0.6) is 5.75 Å². The fourth-order valence-corrected chi connectivity index (χ4v) is 2.20. The fraction of sp³-hybridized carbons (Fsp3) is 0.167. The molecule has 0 saturated heterocycles. The molecule has 2 aromatic carbocycles. The van der Waals surface area contributed by atoms with Gasteiger partial charge in [-0.2, -0.15) is 0 Å². The topological polar surface area (TPSA) is 151 Å². The van der Waals surface area contributed by atoms with Crippen LogP contribution in [0.25, 0.3) is 0 Å². The van der Waals surface area contributed by atoms with Crippen LogP contribution in [0.3, 0.4) is 0 Å². The predicted molar refractivity (Wildman–Crippen MR) is 98.1 cm³/mol. The molecule has 10 heteroatoms. The molecule has 0 aliphatic heterocycles. The maximum Gasteiger partial charge on any atom is 0.338 e. The highest BCUT2D eigenvalue weighted by Crippen LogP contribution is 2.21. The number of nitrogens with two attached hydrogens (primary N) is 1. The van der Waals surface area contributed by atoms with E-state index in [2.05, 4.69) is 5.32 Å². The van der Waals surface area contributed by atoms with Crippen molar-refractivity contribution in [3.8, 4) is 5.75 Å². The maximum absolute atomic E-state index is 12.5. The number of hydrogen-bond acceptors (Lipinski definition) is 7. The molecular formula is C18H17N3O7. The van der Waals surface area contributed by atoms with Crippen molar-refractivity contribution in [1.29, 1.82) is 0 Å². The molecular weight excluding hydrogens is 370 g/mol. The Kier molecular flexibility index (Phi) is 6.63. The number of nitro groups is 1. The second-order valence-corrected chi connectivity index (χ2v) is 5.48. The number of primary amides is 1. The highest BCUT2D eigenvalue weighted by Gasteiger charge is 2.19. The lowest BCUT2D eigenvalue weighted by Crippen LogP contribution is -2.20. The monoisotopic (exact) mass is 387 g/mol. The summed E-state index contributed by atoms with van der Waals surface area (Å²) in [5.41, 5.74) is 4.69. The standard InChI is InChI=1S/C18H17N3O7/c1-2-27-18(24)12-6-11(7-14(8-12)21(25)26)17(23)20-13-4-3-5-15(9-13)28-10-16(19)22/h3-9H,2,10H2,1H3,(H2,19,22)(H,20,23). The van der Waals surface area contributed by atoms with Gasteiger partial charge in [0.15, 0.2) is 6.61 Å². The SMILES string of the molecule is CCOC(=O)c1cc(C(=O)Nc2cccc(OCC(N)=O)c2)cc([N+](=O)[O-])c1. The molecule has 0 aromatic heterocycles. The van der Waals surface area contributed by atoms with Gasteiger partial charge in [-0.25, -0.2) is 4.79 Å². The Morgan fingerprint density at radius 1 is 1.14 bits per heavy atom. The van der Waals surface area contributed by atoms with E-state index in [1.807, 2.05) is 0 Å². The van der Waals surface area contributed by atoms with Gasteiger partial charge in [-0.3, -0.25) is 19.7 Å². The summed E-state index contributed by atoms with van der Waals surface area (Å²) in [6.07, 6.45) is 0. The van der Waals surface area contributed by atoms with Crippen molar-refractivity contribution < 1.29 is 28.8 Å². The van der Waals surface area contributed by atoms with E-state index in [1.54, 1.807) is 25.1 Å². The third kappa shape index (κ3) is 5.53. The summed E-state index contributed by atoms with van der Waals surface area (Å²) in [5.74, 6) is -1.82. The number of carbonyl (C=O) groups excluding carboxylic acids is 3. The zero-order valence-corrected chi connectivity index (χ0v) is 14.8. The van der Waals surface area contributed by atoms with Crippen LogP contribution < -0.4 is 15.8 Å². The van der Waals surface area contributed by atoms with Gasteiger partial charge >= 0.3 is 5.97 Å². The number of ether oxygens (including phenoxy) is 2. The first-order chi connectivity index (χ1) is 13.3. The van der Waals surface area contributed by atoms with Crippen molar-refractivity contribution in [1.82, 2.24) is 0 Å². The Hall–Kier alpha value is -3.95. The minimum atomic E-state index is -0.776. The molecule has 3 N–H and O–H groups in total. The fourth-order valence-electron chi connectivity index (χ4n) is 2.20. The van der Waals surface area contributed by atoms with E-state index in [4.69, 9.17) is 15.2 Å². The van der Waals surface area contributed by atoms with Gasteiger partial charge in [0, 0.05) is 29.4 Å². The van der Waals surface area contributed by atoms with Gasteiger partial charge in [0.1, 0.15) is 5.75 Å². The molecule has 0 radical (unpaired) electrons. The first kappa shape index (κ1) is 20.4. The Morgan fingerprint density at radius 2 is 1.86 bits per heavy atom. The molecule has 0 aliphatic carbocycles. The average Bonchev–Trinajstić information content (AvgIpc) is 2.66. The zero-order valence-electron chi connectivity index (χ0n) is 14.8. The Morgan fingerprint density at radius 3 is 2.50 bits per heavy atom. The molecule has 2 aromatic rings. The lowest BCUT2D eigenvalue weighted by atomic mass is 10.1. The number of carbonyl (C=O) groups is 3. The number of nitrogens with one attached hydrogen (secondary N) is 1. The molecule has 28 heavy (non-hydrogen) atoms. The van der Waals surface area contributed by atoms with E-state index < -0.39 is 28.4 Å². The average molecular weight is 387 g/mol. The lowest BCUT2D eigenvalue weighted by Gasteiger charge is -2.09. The number of benzene rings is 2. The van der Waals surface area contributed by atoms with Gasteiger partial charge < -0.3 is 20.5 Å². The van der Waals surface area contributed by atoms with Gasteiger partial charge in [0.2, 0.25) is 0 Å². The highest BCUT2D eigenvalue weighted by atomic mass is 16.6. The number of nitrogens with zero attached hydrogens (tertiary/aromatic N) is 1. The van der Waals surface area contributed by atoms with Gasteiger partial charge in [-0.05, 0) is 25.1 Å². The molecule has 2 rings (SSSR count). The van der Waals surface area contributed by atoms with Gasteiger partial charge in [-0.15, -0.1) is 0 Å². The molecule has 0 spiro atoms. The maximum atomic E-state index is 12.5. The summed E-state index contributed by atoms with van der Waals surface area (Å²) in [6, 6.07) is 9.42. The van der Waals surface area contributed by atoms with Crippen LogP contribution in [0.15, 0.2) is 42.5 Å². The summed E-state index contributed by atoms with van der Waals surface area (Å²) in [4.78, 5) is 45.6. The quantitative estimate of drug-likeness (QED) is 0.399. The number of hydrogen-bond donors (Lipinski definition) is 2. The third-order valence-electron chi connectivity index (χ3n) is 3.37. The van der Waals surface area contributed by atoms with Crippen LogP contribution in [0.4, 0.5) is 11.4 Å². The molecule has 0 heterocycles. The minimum absolute atomic E-state index is 0.0845. The number of rotatable bonds is 8. The second-order valence-electron chi connectivity index (χ2n) is 5.48. The van der Waals surface area contributed by atoms with Crippen LogP contribution in [0.2, 0.25) is 0 Å². The van der Waals surface area contributed by atoms with Crippen molar-refractivity contribution in [2.75, 3.05) is 18.5 Å². The first-order valence-corrected chi connectivity index (χ1v) is 8.09. The molecule has 10 nitrogen and oxygen atoms in total. The normalized spacial score (nSPS) is 10.0. The van der Waals surface area contributed by atoms with E-state index >= 15 is 0 Å². The number of non-ortho nitro benzene ring substituents is 1. The molecule has 0 fully saturated rings. The highest BCUT2D eigenvalue weighted by molar-refractivity contribution is 6.06. The van der Waals surface area contributed by atoms with Crippen molar-refractivity contribution in [3.05, 3.63) is 63.7 Å². The van der Waals surface area contributed by atoms with E-state index in [9.17, 15) is 24.5 Å². The van der Waals surface area contributed by atoms with Gasteiger partial charge in [0.05, 0.1) is 17.1 Å². The number of anilines is 1. The van der Waals surface area contributed by atoms with Gasteiger partial charge in [0.25, 0.3) is 17.5 Å². The largest absolute Gasteiger partial charge is 0.484 e. The second kappa shape index (κ2) is 9.12. The van der Waals surface area contributed by atoms with Crippen LogP contribution >= 0.6 is 0 Å². The molecule has 0 bridgehead atoms. The van der Waals surface area contributed by atoms with Crippen molar-refractivity contribution >= 4 is 29.2 Å². The molecule has 0 saturated carbocycles. The minimum Gasteiger partial charge on any atom is -0.484 e. The summed E-state index contributed by atoms with van der Waals surface area (Å²) in [7, 11) is 0. The summed E-state index contributed by atoms with van der Waals surface area (Å²) >= 11 is 0. The predicted octanol–water partition coefficient (Wildman–Crippen LogP) is 1.89. The summed E-state index contributed by atoms with van der Waals surface area (Å²) in [6.45, 7) is 1.35. The van der Waals surface area contributed by atoms with Crippen molar-refractivity contribution in [2.24, 2.45) is 5.73 Å². The third-order valence-corrected chi connectivity index (χ3v) is 3.37. The van der Waals surface area contributed by atoms with Crippen LogP contribution in [-0.2, 0) is 9.53 Å². The van der Waals surface area contributed by atoms with E-state index in [0.29, 0.717) is 11.4 Å². The van der Waals surface area contributed by atoms with Crippen LogP contribution in [0.1, 0.15) is 27.6 Å². The molecule has 0 unspecified atom stereocenters. The summed E-state index contributed by atoms with van der Waals surface area (Å²) in [5, 5.41) is 13.6. The smallest absolute Gasteiger partial charge is 0.338 e. The number of nitro benzene ring substituents is 1. The van der Waals surface area contributed by atoms with Crippen molar-refractivity contribution in [2.45, 2.75) is 6.92 Å². The number of esters is 1. The Balaban J connectivity index is 2.26. The number of amides is 2. The first-order valence-electron chi connectivity index (χ1n) is 8.09. The molecule has 2 amide bonds. The van der Waals surface area contributed by atoms with Crippen molar-refractivity contribution in [3.63, 3.8) is 0 Å². The molecule has 146 valence electrons. The van der Waals surface area contributed by atoms with E-state index in [-0.39, 0.29) is 24.3 Å². The van der Waals surface area contributed by atoms with Gasteiger partial charge in [-0.1, -0.05) is 6.07 Å². The lowest BCUT2D eigenvalue weighted by molar-refractivity contribution is -0.384. The molecule has 0 aliphatic rings. The Labute approximate surface area is 159 Å². The Bertz CT molecular complexity index is 927. The van der Waals surface area contributed by atoms with Crippen LogP contribution in [-0.4, -0.2) is 35.9 Å². The van der Waals surface area contributed by atoms with E-state index in [0.717, 1.165) is 12.1 Å². The molecule has 0 atom stereocenters. The zero-order chi connectivity index (χ0) is 20.7. The van der Waals surface area contributed by atoms with Crippen LogP contribution in [0, 0.1) is 10.1 Å². The van der Waals surface area contributed by atoms with E-state index in [1.165, 1.54) is 12.1 Å². The summed E-state index contributed by atoms with van der Waals surface area (Å²) < 4.78 is 9.98.